The quantitative estimate of drug-likeness (QED) is 0.699. The van der Waals surface area contributed by atoms with E-state index < -0.39 is 0 Å². The Morgan fingerprint density at radius 1 is 1.19 bits per heavy atom. The minimum atomic E-state index is 0. The van der Waals surface area contributed by atoms with Gasteiger partial charge in [-0.1, -0.05) is 12.1 Å². The third-order valence-electron chi connectivity index (χ3n) is 4.68. The Hall–Kier alpha value is -2.66. The third kappa shape index (κ3) is 3.63. The molecular weight excluding hydrogens is 348 g/mol. The molecule has 1 aromatic carbocycles. The molecule has 1 aliphatic rings. The van der Waals surface area contributed by atoms with Gasteiger partial charge in [0.25, 0.3) is 0 Å². The average Bonchev–Trinajstić information content (AvgIpc) is 3.05. The van der Waals surface area contributed by atoms with E-state index in [0.717, 1.165) is 35.7 Å². The number of hydrogen-bond acceptors (Lipinski definition) is 4. The van der Waals surface area contributed by atoms with Crippen molar-refractivity contribution < 1.29 is 4.74 Å². The van der Waals surface area contributed by atoms with Gasteiger partial charge in [0.2, 0.25) is 0 Å². The molecule has 0 atom stereocenters. The minimum Gasteiger partial charge on any atom is -0.497 e. The second kappa shape index (κ2) is 7.70. The Bertz CT molecular complexity index is 948. The van der Waals surface area contributed by atoms with Crippen LogP contribution in [0.5, 0.6) is 5.75 Å². The van der Waals surface area contributed by atoms with E-state index in [0.29, 0.717) is 6.54 Å². The molecule has 0 aliphatic heterocycles. The van der Waals surface area contributed by atoms with E-state index in [1.807, 2.05) is 25.4 Å². The monoisotopic (exact) mass is 368 g/mol. The number of hydrogen-bond donors (Lipinski definition) is 0. The number of aryl methyl sites for hydroxylation is 2. The first-order valence-corrected chi connectivity index (χ1v) is 8.40. The molecule has 0 bridgehead atoms. The van der Waals surface area contributed by atoms with Crippen molar-refractivity contribution in [1.82, 2.24) is 19.7 Å². The first kappa shape index (κ1) is 18.1. The molecule has 5 nitrogen and oxygen atoms in total. The van der Waals surface area contributed by atoms with Gasteiger partial charge in [-0.2, -0.15) is 10.2 Å². The molecule has 0 N–H and O–H groups in total. The molecule has 3 aromatic rings. The second-order valence-electron chi connectivity index (χ2n) is 6.27. The van der Waals surface area contributed by atoms with Gasteiger partial charge in [0.1, 0.15) is 11.6 Å². The molecule has 2 aromatic heterocycles. The maximum atomic E-state index is 5.35. The van der Waals surface area contributed by atoms with E-state index in [2.05, 4.69) is 44.0 Å². The number of rotatable bonds is 4. The van der Waals surface area contributed by atoms with Crippen LogP contribution in [0.15, 0.2) is 42.9 Å². The lowest BCUT2D eigenvalue weighted by Crippen LogP contribution is -2.05. The van der Waals surface area contributed by atoms with Crippen molar-refractivity contribution in [2.24, 2.45) is 0 Å². The molecular formula is C20H21ClN4O. The summed E-state index contributed by atoms with van der Waals surface area (Å²) in [4.78, 5) is 4.26. The van der Waals surface area contributed by atoms with Crippen molar-refractivity contribution in [3.05, 3.63) is 71.1 Å². The first-order valence-electron chi connectivity index (χ1n) is 8.40. The summed E-state index contributed by atoms with van der Waals surface area (Å²) in [5, 5.41) is 8.49. The number of ether oxygens (including phenoxy) is 1. The minimum absolute atomic E-state index is 0. The topological polar surface area (TPSA) is 52.8 Å². The predicted molar refractivity (Wildman–Crippen MR) is 105 cm³/mol. The van der Waals surface area contributed by atoms with Crippen LogP contribution in [0.4, 0.5) is 0 Å². The zero-order valence-electron chi connectivity index (χ0n) is 14.8. The molecule has 0 unspecified atom stereocenters. The Kier molecular flexibility index (Phi) is 5.38. The highest BCUT2D eigenvalue weighted by Gasteiger charge is 2.14. The summed E-state index contributed by atoms with van der Waals surface area (Å²) < 4.78 is 7.42. The Balaban J connectivity index is 0.00000196. The molecule has 0 fully saturated rings. The summed E-state index contributed by atoms with van der Waals surface area (Å²) in [5.74, 6) is 1.87. The number of aromatic nitrogens is 4. The summed E-state index contributed by atoms with van der Waals surface area (Å²) in [5.41, 5.74) is 5.96. The number of benzene rings is 1. The van der Waals surface area contributed by atoms with Crippen LogP contribution >= 0.6 is 12.4 Å². The van der Waals surface area contributed by atoms with E-state index in [9.17, 15) is 0 Å². The van der Waals surface area contributed by atoms with Gasteiger partial charge in [-0.25, -0.2) is 4.98 Å². The molecule has 26 heavy (non-hydrogen) atoms. The smallest absolute Gasteiger partial charge is 0.119 e. The van der Waals surface area contributed by atoms with Gasteiger partial charge in [0.15, 0.2) is 0 Å². The average molecular weight is 369 g/mol. The molecule has 4 rings (SSSR count). The van der Waals surface area contributed by atoms with Crippen molar-refractivity contribution in [1.29, 1.82) is 0 Å². The van der Waals surface area contributed by atoms with Crippen molar-refractivity contribution in [2.45, 2.75) is 26.3 Å². The van der Waals surface area contributed by atoms with E-state index in [-0.39, 0.29) is 12.4 Å². The molecule has 0 spiro atoms. The van der Waals surface area contributed by atoms with Gasteiger partial charge >= 0.3 is 0 Å². The molecule has 6 heteroatoms. The van der Waals surface area contributed by atoms with Gasteiger partial charge in [0, 0.05) is 12.4 Å². The molecule has 0 amide bonds. The van der Waals surface area contributed by atoms with Crippen LogP contribution in [-0.2, 0) is 13.0 Å². The van der Waals surface area contributed by atoms with Crippen LogP contribution < -0.4 is 4.74 Å². The zero-order valence-corrected chi connectivity index (χ0v) is 15.7. The van der Waals surface area contributed by atoms with Gasteiger partial charge in [-0.05, 0) is 60.2 Å². The lowest BCUT2D eigenvalue weighted by Gasteiger charge is -2.17. The summed E-state index contributed by atoms with van der Waals surface area (Å²) in [7, 11) is 1.70. The molecule has 0 saturated carbocycles. The molecule has 1 aliphatic carbocycles. The maximum Gasteiger partial charge on any atom is 0.119 e. The number of methoxy groups -OCH3 is 1. The lowest BCUT2D eigenvalue weighted by atomic mass is 9.89. The standard InChI is InChI=1S/C20H20N4O.ClH/c1-14-21-7-8-24(14)13-19-10-18(12-22-23-19)16-4-3-15-5-6-20(25-2)11-17(15)9-16;/h5-12H,3-4,13H2,1-2H3;1H. The lowest BCUT2D eigenvalue weighted by molar-refractivity contribution is 0.414. The van der Waals surface area contributed by atoms with Crippen LogP contribution in [0.25, 0.3) is 11.6 Å². The summed E-state index contributed by atoms with van der Waals surface area (Å²) in [6.07, 6.45) is 9.90. The van der Waals surface area contributed by atoms with E-state index in [4.69, 9.17) is 4.74 Å². The fourth-order valence-corrected chi connectivity index (χ4v) is 3.23. The fourth-order valence-electron chi connectivity index (χ4n) is 3.23. The van der Waals surface area contributed by atoms with Crippen LogP contribution in [-0.4, -0.2) is 26.9 Å². The molecule has 0 saturated heterocycles. The second-order valence-corrected chi connectivity index (χ2v) is 6.27. The van der Waals surface area contributed by atoms with Crippen molar-refractivity contribution in [2.75, 3.05) is 7.11 Å². The normalized spacial score (nSPS) is 12.8. The predicted octanol–water partition coefficient (Wildman–Crippen LogP) is 3.95. The van der Waals surface area contributed by atoms with Crippen LogP contribution in [0.3, 0.4) is 0 Å². The number of fused-ring (bicyclic) bond motifs is 1. The van der Waals surface area contributed by atoms with E-state index in [1.165, 1.54) is 16.7 Å². The largest absolute Gasteiger partial charge is 0.497 e. The van der Waals surface area contributed by atoms with Crippen molar-refractivity contribution in [3.8, 4) is 5.75 Å². The van der Waals surface area contributed by atoms with Crippen LogP contribution in [0.1, 0.15) is 34.6 Å². The maximum absolute atomic E-state index is 5.35. The molecule has 134 valence electrons. The first-order chi connectivity index (χ1) is 12.2. The van der Waals surface area contributed by atoms with Crippen LogP contribution in [0.2, 0.25) is 0 Å². The third-order valence-corrected chi connectivity index (χ3v) is 4.68. The van der Waals surface area contributed by atoms with Crippen molar-refractivity contribution >= 4 is 24.1 Å². The SMILES string of the molecule is COc1ccc2c(c1)C=C(c1cnnc(Cn3ccnc3C)c1)CC2.Cl. The fraction of sp³-hybridized carbons (Fsp3) is 0.250. The highest BCUT2D eigenvalue weighted by Crippen LogP contribution is 2.32. The summed E-state index contributed by atoms with van der Waals surface area (Å²) in [6, 6.07) is 8.40. The Labute approximate surface area is 159 Å². The molecule has 2 heterocycles. The highest BCUT2D eigenvalue weighted by atomic mass is 35.5. The van der Waals surface area contributed by atoms with E-state index in [1.54, 1.807) is 13.3 Å². The van der Waals surface area contributed by atoms with E-state index >= 15 is 0 Å². The Morgan fingerprint density at radius 3 is 2.85 bits per heavy atom. The highest BCUT2D eigenvalue weighted by molar-refractivity contribution is 5.85. The zero-order chi connectivity index (χ0) is 17.2. The number of imidazole rings is 1. The van der Waals surface area contributed by atoms with Gasteiger partial charge in [0.05, 0.1) is 25.5 Å². The Morgan fingerprint density at radius 2 is 2.08 bits per heavy atom. The van der Waals surface area contributed by atoms with Crippen LogP contribution in [0, 0.1) is 6.92 Å². The number of halogens is 1. The number of nitrogens with zero attached hydrogens (tertiary/aromatic N) is 4. The summed E-state index contributed by atoms with van der Waals surface area (Å²) >= 11 is 0. The summed E-state index contributed by atoms with van der Waals surface area (Å²) in [6.45, 7) is 2.68. The van der Waals surface area contributed by atoms with Crippen molar-refractivity contribution in [3.63, 3.8) is 0 Å². The van der Waals surface area contributed by atoms with Gasteiger partial charge < -0.3 is 9.30 Å². The van der Waals surface area contributed by atoms with Gasteiger partial charge in [-0.3, -0.25) is 0 Å². The number of allylic oxidation sites excluding steroid dienone is 1. The molecule has 0 radical (unpaired) electrons. The van der Waals surface area contributed by atoms with Gasteiger partial charge in [-0.15, -0.1) is 12.4 Å².